The molecule has 1 aromatic carbocycles. The fourth-order valence-corrected chi connectivity index (χ4v) is 2.76. The molecule has 0 fully saturated rings. The molecule has 0 radical (unpaired) electrons. The second-order valence-electron chi connectivity index (χ2n) is 3.75. The number of Topliss-reactive ketones (excluding diaryl/α,β-unsaturated/α-hetero) is 1. The fraction of sp³-hybridized carbons (Fsp3) is 0.333. The van der Waals surface area contributed by atoms with Crippen molar-refractivity contribution in [2.75, 3.05) is 24.3 Å². The number of carbonyl (C=O) groups excluding carboxylic acids is 2. The second-order valence-corrected chi connectivity index (χ2v) is 4.97. The number of anilines is 1. The Morgan fingerprint density at radius 3 is 2.76 bits per heavy atom. The molecule has 90 valence electrons. The highest BCUT2D eigenvalue weighted by Gasteiger charge is 2.37. The van der Waals surface area contributed by atoms with Gasteiger partial charge in [-0.1, -0.05) is 12.1 Å². The van der Waals surface area contributed by atoms with Gasteiger partial charge in [0.1, 0.15) is 5.25 Å². The standard InChI is InChI=1S/C12H13NO3S/c1-13-9-5-3-2-4-8(9)10(15)11(12(13)16)17-7-6-14/h2-5,11,14H,6-7H2,1H3. The number of rotatable bonds is 3. The van der Waals surface area contributed by atoms with Gasteiger partial charge in [-0.05, 0) is 12.1 Å². The van der Waals surface area contributed by atoms with Gasteiger partial charge in [0.15, 0.2) is 5.78 Å². The summed E-state index contributed by atoms with van der Waals surface area (Å²) in [6.07, 6.45) is 0. The molecular formula is C12H13NO3S. The molecule has 2 rings (SSSR count). The van der Waals surface area contributed by atoms with Crippen molar-refractivity contribution in [3.8, 4) is 0 Å². The van der Waals surface area contributed by atoms with Crippen molar-refractivity contribution < 1.29 is 14.7 Å². The first-order valence-corrected chi connectivity index (χ1v) is 6.35. The van der Waals surface area contributed by atoms with Crippen molar-refractivity contribution in [2.45, 2.75) is 5.25 Å². The molecule has 17 heavy (non-hydrogen) atoms. The Labute approximate surface area is 104 Å². The highest BCUT2D eigenvalue weighted by molar-refractivity contribution is 8.01. The smallest absolute Gasteiger partial charge is 0.247 e. The van der Waals surface area contributed by atoms with E-state index in [0.717, 1.165) is 0 Å². The maximum absolute atomic E-state index is 12.1. The Bertz CT molecular complexity index is 461. The van der Waals surface area contributed by atoms with Crippen molar-refractivity contribution in [1.82, 2.24) is 0 Å². The largest absolute Gasteiger partial charge is 0.396 e. The molecule has 0 saturated carbocycles. The van der Waals surface area contributed by atoms with Crippen LogP contribution in [-0.4, -0.2) is 41.5 Å². The zero-order valence-electron chi connectivity index (χ0n) is 9.42. The molecule has 0 bridgehead atoms. The molecule has 0 aromatic heterocycles. The summed E-state index contributed by atoms with van der Waals surface area (Å²) in [5.74, 6) is 0.00678. The molecule has 0 spiro atoms. The van der Waals surface area contributed by atoms with E-state index in [1.807, 2.05) is 0 Å². The quantitative estimate of drug-likeness (QED) is 0.812. The van der Waals surface area contributed by atoms with Crippen LogP contribution >= 0.6 is 11.8 Å². The molecule has 0 aliphatic carbocycles. The van der Waals surface area contributed by atoms with Crippen LogP contribution in [0.5, 0.6) is 0 Å². The van der Waals surface area contributed by atoms with Gasteiger partial charge in [-0.3, -0.25) is 9.59 Å². The van der Waals surface area contributed by atoms with Crippen molar-refractivity contribution in [3.05, 3.63) is 29.8 Å². The van der Waals surface area contributed by atoms with Gasteiger partial charge in [0.05, 0.1) is 12.3 Å². The van der Waals surface area contributed by atoms with Gasteiger partial charge >= 0.3 is 0 Å². The number of carbonyl (C=O) groups is 2. The number of thioether (sulfide) groups is 1. The Hall–Kier alpha value is -1.33. The lowest BCUT2D eigenvalue weighted by Gasteiger charge is -2.29. The molecule has 1 aliphatic rings. The van der Waals surface area contributed by atoms with Gasteiger partial charge in [-0.2, -0.15) is 0 Å². The van der Waals surface area contributed by atoms with Crippen LogP contribution in [0, 0.1) is 0 Å². The first-order chi connectivity index (χ1) is 8.16. The second kappa shape index (κ2) is 4.89. The van der Waals surface area contributed by atoms with E-state index in [1.54, 1.807) is 31.3 Å². The minimum atomic E-state index is -0.720. The SMILES string of the molecule is CN1C(=O)C(SCCO)C(=O)c2ccccc21. The van der Waals surface area contributed by atoms with Crippen molar-refractivity contribution in [3.63, 3.8) is 0 Å². The number of fused-ring (bicyclic) bond motifs is 1. The average Bonchev–Trinajstić information content (AvgIpc) is 2.36. The molecule has 1 N–H and O–H groups in total. The first kappa shape index (κ1) is 12.1. The lowest BCUT2D eigenvalue weighted by atomic mass is 10.00. The molecule has 0 saturated heterocycles. The normalized spacial score (nSPS) is 19.4. The van der Waals surface area contributed by atoms with Crippen molar-refractivity contribution in [1.29, 1.82) is 0 Å². The Morgan fingerprint density at radius 2 is 2.06 bits per heavy atom. The molecule has 1 amide bonds. The van der Waals surface area contributed by atoms with Gasteiger partial charge in [0.2, 0.25) is 5.91 Å². The lowest BCUT2D eigenvalue weighted by Crippen LogP contribution is -2.44. The Balaban J connectivity index is 2.36. The van der Waals surface area contributed by atoms with E-state index in [-0.39, 0.29) is 18.3 Å². The van der Waals surface area contributed by atoms with Crippen LogP contribution < -0.4 is 4.90 Å². The summed E-state index contributed by atoms with van der Waals surface area (Å²) in [5, 5.41) is 8.05. The van der Waals surface area contributed by atoms with Gasteiger partial charge in [0, 0.05) is 18.4 Å². The van der Waals surface area contributed by atoms with Crippen LogP contribution in [0.15, 0.2) is 24.3 Å². The molecule has 5 heteroatoms. The molecule has 1 unspecified atom stereocenters. The molecule has 1 atom stereocenters. The van der Waals surface area contributed by atoms with Gasteiger partial charge in [-0.15, -0.1) is 11.8 Å². The van der Waals surface area contributed by atoms with Crippen molar-refractivity contribution >= 4 is 29.1 Å². The number of aliphatic hydroxyl groups is 1. The Kier molecular flexibility index (Phi) is 3.49. The molecule has 1 aromatic rings. The predicted octanol–water partition coefficient (Wildman–Crippen LogP) is 0.940. The van der Waals surface area contributed by atoms with Crippen LogP contribution in [-0.2, 0) is 4.79 Å². The van der Waals surface area contributed by atoms with E-state index in [9.17, 15) is 9.59 Å². The number of para-hydroxylation sites is 1. The van der Waals surface area contributed by atoms with E-state index >= 15 is 0 Å². The number of aliphatic hydroxyl groups excluding tert-OH is 1. The van der Waals surface area contributed by atoms with Crippen molar-refractivity contribution in [2.24, 2.45) is 0 Å². The van der Waals surface area contributed by atoms with Crippen LogP contribution in [0.25, 0.3) is 0 Å². The number of benzene rings is 1. The van der Waals surface area contributed by atoms with E-state index in [1.165, 1.54) is 16.7 Å². The lowest BCUT2D eigenvalue weighted by molar-refractivity contribution is -0.117. The summed E-state index contributed by atoms with van der Waals surface area (Å²) >= 11 is 1.19. The summed E-state index contributed by atoms with van der Waals surface area (Å²) in [4.78, 5) is 25.6. The minimum absolute atomic E-state index is 0.0346. The summed E-state index contributed by atoms with van der Waals surface area (Å²) in [7, 11) is 1.67. The maximum atomic E-state index is 12.1. The number of nitrogens with zero attached hydrogens (tertiary/aromatic N) is 1. The molecule has 1 aliphatic heterocycles. The van der Waals surface area contributed by atoms with Crippen LogP contribution in [0.4, 0.5) is 5.69 Å². The molecular weight excluding hydrogens is 238 g/mol. The van der Waals surface area contributed by atoms with E-state index in [0.29, 0.717) is 17.0 Å². The highest BCUT2D eigenvalue weighted by atomic mass is 32.2. The molecule has 1 heterocycles. The first-order valence-electron chi connectivity index (χ1n) is 5.30. The molecule has 4 nitrogen and oxygen atoms in total. The van der Waals surface area contributed by atoms with E-state index in [4.69, 9.17) is 5.11 Å². The number of ketones is 1. The van der Waals surface area contributed by atoms with Crippen LogP contribution in [0.3, 0.4) is 0 Å². The number of hydrogen-bond acceptors (Lipinski definition) is 4. The Morgan fingerprint density at radius 1 is 1.35 bits per heavy atom. The van der Waals surface area contributed by atoms with Gasteiger partial charge < -0.3 is 10.0 Å². The third-order valence-electron chi connectivity index (χ3n) is 2.70. The van der Waals surface area contributed by atoms with Gasteiger partial charge in [-0.25, -0.2) is 0 Å². The number of amides is 1. The monoisotopic (exact) mass is 251 g/mol. The minimum Gasteiger partial charge on any atom is -0.396 e. The summed E-state index contributed by atoms with van der Waals surface area (Å²) in [6.45, 7) is -0.0346. The fourth-order valence-electron chi connectivity index (χ4n) is 1.84. The zero-order chi connectivity index (χ0) is 12.4. The third kappa shape index (κ3) is 2.08. The maximum Gasteiger partial charge on any atom is 0.247 e. The summed E-state index contributed by atoms with van der Waals surface area (Å²) < 4.78 is 0. The van der Waals surface area contributed by atoms with Crippen LogP contribution in [0.1, 0.15) is 10.4 Å². The summed E-state index contributed by atoms with van der Waals surface area (Å²) in [6, 6.07) is 7.08. The van der Waals surface area contributed by atoms with Crippen LogP contribution in [0.2, 0.25) is 0 Å². The van der Waals surface area contributed by atoms with E-state index < -0.39 is 5.25 Å². The highest BCUT2D eigenvalue weighted by Crippen LogP contribution is 2.31. The summed E-state index contributed by atoms with van der Waals surface area (Å²) in [5.41, 5.74) is 1.23. The van der Waals surface area contributed by atoms with Gasteiger partial charge in [0.25, 0.3) is 0 Å². The average molecular weight is 251 g/mol. The topological polar surface area (TPSA) is 57.6 Å². The van der Waals surface area contributed by atoms with E-state index in [2.05, 4.69) is 0 Å². The number of hydrogen-bond donors (Lipinski definition) is 1. The predicted molar refractivity (Wildman–Crippen MR) is 67.5 cm³/mol. The zero-order valence-corrected chi connectivity index (χ0v) is 10.2. The third-order valence-corrected chi connectivity index (χ3v) is 3.87.